The molecule has 31 heavy (non-hydrogen) atoms. The third-order valence-corrected chi connectivity index (χ3v) is 7.34. The highest BCUT2D eigenvalue weighted by Crippen LogP contribution is 2.46. The van der Waals surface area contributed by atoms with Crippen molar-refractivity contribution in [1.82, 2.24) is 15.0 Å². The largest absolute Gasteiger partial charge is 0.416 e. The zero-order chi connectivity index (χ0) is 21.6. The molecule has 0 N–H and O–H groups in total. The van der Waals surface area contributed by atoms with Crippen LogP contribution in [0.5, 0.6) is 0 Å². The van der Waals surface area contributed by atoms with Gasteiger partial charge in [0.05, 0.1) is 16.9 Å². The van der Waals surface area contributed by atoms with Crippen molar-refractivity contribution in [2.24, 2.45) is 0 Å². The Labute approximate surface area is 180 Å². The molecule has 1 aliphatic heterocycles. The number of hydrogen-bond acceptors (Lipinski definition) is 5. The second-order valence-corrected chi connectivity index (χ2v) is 9.16. The maximum Gasteiger partial charge on any atom is 0.416 e. The van der Waals surface area contributed by atoms with Gasteiger partial charge in [-0.3, -0.25) is 4.79 Å². The SMILES string of the molecule is O=C(N1CC(c2nc(-c3cccc(C(F)(F)F)c3)no2)C1)C1(c2cccs2)CCCC1. The molecule has 0 atom stereocenters. The number of alkyl halides is 3. The van der Waals surface area contributed by atoms with E-state index in [0.29, 0.717) is 19.0 Å². The van der Waals surface area contributed by atoms with Crippen LogP contribution in [0.3, 0.4) is 0 Å². The van der Waals surface area contributed by atoms with E-state index in [1.807, 2.05) is 22.4 Å². The number of rotatable bonds is 4. The number of carbonyl (C=O) groups is 1. The first-order valence-corrected chi connectivity index (χ1v) is 11.1. The Morgan fingerprint density at radius 2 is 1.94 bits per heavy atom. The first-order valence-electron chi connectivity index (χ1n) is 10.2. The predicted molar refractivity (Wildman–Crippen MR) is 109 cm³/mol. The fourth-order valence-electron chi connectivity index (χ4n) is 4.55. The van der Waals surface area contributed by atoms with E-state index in [-0.39, 0.29) is 23.2 Å². The van der Waals surface area contributed by atoms with Crippen LogP contribution in [0.25, 0.3) is 11.4 Å². The molecule has 0 bridgehead atoms. The second kappa shape index (κ2) is 7.47. The van der Waals surface area contributed by atoms with Crippen LogP contribution < -0.4 is 0 Å². The Kier molecular flexibility index (Phi) is 4.88. The first kappa shape index (κ1) is 20.2. The van der Waals surface area contributed by atoms with Crippen molar-refractivity contribution in [2.45, 2.75) is 43.2 Å². The molecule has 9 heteroatoms. The number of amides is 1. The molecule has 2 fully saturated rings. The van der Waals surface area contributed by atoms with E-state index in [2.05, 4.69) is 10.1 Å². The number of thiophene rings is 1. The Balaban J connectivity index is 1.29. The van der Waals surface area contributed by atoms with E-state index in [9.17, 15) is 18.0 Å². The number of likely N-dealkylation sites (tertiary alicyclic amines) is 1. The van der Waals surface area contributed by atoms with Crippen LogP contribution in [0.1, 0.15) is 47.9 Å². The van der Waals surface area contributed by atoms with Crippen molar-refractivity contribution < 1.29 is 22.5 Å². The monoisotopic (exact) mass is 447 g/mol. The molecule has 1 amide bonds. The minimum Gasteiger partial charge on any atom is -0.340 e. The molecule has 2 aromatic heterocycles. The molecule has 0 radical (unpaired) electrons. The van der Waals surface area contributed by atoms with E-state index >= 15 is 0 Å². The van der Waals surface area contributed by atoms with E-state index in [1.54, 1.807) is 11.3 Å². The van der Waals surface area contributed by atoms with Crippen LogP contribution in [0, 0.1) is 0 Å². The summed E-state index contributed by atoms with van der Waals surface area (Å²) in [6.45, 7) is 0.965. The number of aromatic nitrogens is 2. The van der Waals surface area contributed by atoms with Gasteiger partial charge in [0.1, 0.15) is 0 Å². The lowest BCUT2D eigenvalue weighted by Gasteiger charge is -2.42. The van der Waals surface area contributed by atoms with Gasteiger partial charge in [-0.2, -0.15) is 18.2 Å². The number of hydrogen-bond donors (Lipinski definition) is 0. The molecule has 1 saturated carbocycles. The van der Waals surface area contributed by atoms with Crippen LogP contribution in [-0.4, -0.2) is 34.0 Å². The van der Waals surface area contributed by atoms with E-state index in [4.69, 9.17) is 4.52 Å². The molecule has 3 aromatic rings. The lowest BCUT2D eigenvalue weighted by atomic mass is 9.81. The summed E-state index contributed by atoms with van der Waals surface area (Å²) in [4.78, 5) is 20.6. The third-order valence-electron chi connectivity index (χ3n) is 6.27. The van der Waals surface area contributed by atoms with Crippen molar-refractivity contribution in [3.63, 3.8) is 0 Å². The van der Waals surface area contributed by atoms with Gasteiger partial charge in [0.15, 0.2) is 0 Å². The lowest BCUT2D eigenvalue weighted by molar-refractivity contribution is -0.142. The van der Waals surface area contributed by atoms with Crippen molar-refractivity contribution in [3.8, 4) is 11.4 Å². The lowest BCUT2D eigenvalue weighted by Crippen LogP contribution is -2.55. The van der Waals surface area contributed by atoms with Crippen LogP contribution >= 0.6 is 11.3 Å². The fourth-order valence-corrected chi connectivity index (χ4v) is 5.53. The van der Waals surface area contributed by atoms with E-state index in [1.165, 1.54) is 12.1 Å². The Morgan fingerprint density at radius 1 is 1.16 bits per heavy atom. The molecular formula is C22H20F3N3O2S. The number of halogens is 3. The summed E-state index contributed by atoms with van der Waals surface area (Å²) < 4.78 is 44.2. The molecule has 1 aromatic carbocycles. The van der Waals surface area contributed by atoms with Gasteiger partial charge >= 0.3 is 6.18 Å². The van der Waals surface area contributed by atoms with Crippen LogP contribution in [0.4, 0.5) is 13.2 Å². The maximum atomic E-state index is 13.3. The van der Waals surface area contributed by atoms with E-state index < -0.39 is 17.2 Å². The predicted octanol–water partition coefficient (Wildman–Crippen LogP) is 5.25. The number of carbonyl (C=O) groups excluding carboxylic acids is 1. The summed E-state index contributed by atoms with van der Waals surface area (Å²) in [5.41, 5.74) is -0.927. The molecule has 3 heterocycles. The van der Waals surface area contributed by atoms with Gasteiger partial charge in [0.2, 0.25) is 17.6 Å². The zero-order valence-electron chi connectivity index (χ0n) is 16.6. The van der Waals surface area contributed by atoms with Gasteiger partial charge in [0.25, 0.3) is 0 Å². The van der Waals surface area contributed by atoms with Crippen LogP contribution in [0.2, 0.25) is 0 Å². The van der Waals surface area contributed by atoms with Gasteiger partial charge < -0.3 is 9.42 Å². The normalized spacial score (nSPS) is 18.9. The van der Waals surface area contributed by atoms with Gasteiger partial charge in [-0.1, -0.05) is 36.2 Å². The molecule has 1 aliphatic carbocycles. The average Bonchev–Trinajstić information content (AvgIpc) is 3.47. The summed E-state index contributed by atoms with van der Waals surface area (Å²) in [5.74, 6) is 0.531. The zero-order valence-corrected chi connectivity index (χ0v) is 17.4. The Bertz CT molecular complexity index is 1080. The van der Waals surface area contributed by atoms with Crippen molar-refractivity contribution >= 4 is 17.2 Å². The highest BCUT2D eigenvalue weighted by Gasteiger charge is 2.49. The average molecular weight is 447 g/mol. The Hall–Kier alpha value is -2.68. The molecule has 2 aliphatic rings. The van der Waals surface area contributed by atoms with Crippen LogP contribution in [0.15, 0.2) is 46.3 Å². The standard InChI is InChI=1S/C22H20F3N3O2S/c23-22(24,25)16-6-3-5-14(11-16)18-26-19(30-27-18)15-12-28(13-15)20(29)21(8-1-2-9-21)17-7-4-10-31-17/h3-7,10-11,15H,1-2,8-9,12-13H2. The fraction of sp³-hybridized carbons (Fsp3) is 0.409. The van der Waals surface area contributed by atoms with Gasteiger partial charge in [0, 0.05) is 23.5 Å². The van der Waals surface area contributed by atoms with E-state index in [0.717, 1.165) is 42.7 Å². The third kappa shape index (κ3) is 3.54. The molecule has 0 spiro atoms. The molecule has 5 rings (SSSR count). The highest BCUT2D eigenvalue weighted by atomic mass is 32.1. The first-order chi connectivity index (χ1) is 14.9. The second-order valence-electron chi connectivity index (χ2n) is 8.21. The highest BCUT2D eigenvalue weighted by molar-refractivity contribution is 7.10. The summed E-state index contributed by atoms with van der Waals surface area (Å²) >= 11 is 1.63. The summed E-state index contributed by atoms with van der Waals surface area (Å²) in [6.07, 6.45) is -0.604. The molecular weight excluding hydrogens is 427 g/mol. The van der Waals surface area contributed by atoms with Gasteiger partial charge in [-0.25, -0.2) is 0 Å². The molecule has 1 saturated heterocycles. The topological polar surface area (TPSA) is 59.2 Å². The maximum absolute atomic E-state index is 13.3. The van der Waals surface area contributed by atoms with Crippen molar-refractivity contribution in [1.29, 1.82) is 0 Å². The van der Waals surface area contributed by atoms with Crippen molar-refractivity contribution in [3.05, 3.63) is 58.1 Å². The Morgan fingerprint density at radius 3 is 2.61 bits per heavy atom. The smallest absolute Gasteiger partial charge is 0.340 e. The minimum atomic E-state index is -4.43. The minimum absolute atomic E-state index is 0.0993. The summed E-state index contributed by atoms with van der Waals surface area (Å²) in [7, 11) is 0. The summed E-state index contributed by atoms with van der Waals surface area (Å²) in [5, 5.41) is 5.87. The summed E-state index contributed by atoms with van der Waals surface area (Å²) in [6, 6.07) is 8.89. The quantitative estimate of drug-likeness (QED) is 0.548. The molecule has 0 unspecified atom stereocenters. The number of nitrogens with zero attached hydrogens (tertiary/aromatic N) is 3. The van der Waals surface area contributed by atoms with Crippen LogP contribution in [-0.2, 0) is 16.4 Å². The molecule has 162 valence electrons. The molecule has 5 nitrogen and oxygen atoms in total. The van der Waals surface area contributed by atoms with Gasteiger partial charge in [-0.15, -0.1) is 11.3 Å². The van der Waals surface area contributed by atoms with Crippen molar-refractivity contribution in [2.75, 3.05) is 13.1 Å². The number of benzene rings is 1. The van der Waals surface area contributed by atoms with Gasteiger partial charge in [-0.05, 0) is 36.4 Å².